The van der Waals surface area contributed by atoms with E-state index in [0.717, 1.165) is 0 Å². The van der Waals surface area contributed by atoms with Gasteiger partial charge in [-0.15, -0.1) is 5.17 Å². The van der Waals surface area contributed by atoms with E-state index in [9.17, 15) is 18.4 Å². The number of amides is 1. The van der Waals surface area contributed by atoms with Crippen LogP contribution in [0.1, 0.15) is 12.8 Å². The standard InChI is InChI=1S/C19H21ClN2O7S/c1-27-18-11-2-13(12-28-18)19(23)22(24)21-30(25,26)17-9-7-16(8-10-17)29-15-5-3-14(20)4-6-15/h3-10,13,18,21,24H,2,11-12H2,1H3. The maximum absolute atomic E-state index is 12.5. The average molecular weight is 457 g/mol. The van der Waals surface area contributed by atoms with E-state index >= 15 is 0 Å². The number of sulfonamides is 1. The van der Waals surface area contributed by atoms with Gasteiger partial charge < -0.3 is 14.2 Å². The van der Waals surface area contributed by atoms with Gasteiger partial charge in [-0.1, -0.05) is 16.4 Å². The van der Waals surface area contributed by atoms with Crippen molar-refractivity contribution in [2.45, 2.75) is 24.0 Å². The van der Waals surface area contributed by atoms with E-state index in [2.05, 4.69) is 0 Å². The number of methoxy groups -OCH3 is 1. The van der Waals surface area contributed by atoms with Crippen LogP contribution in [0.5, 0.6) is 11.5 Å². The molecule has 1 saturated heterocycles. The van der Waals surface area contributed by atoms with Crippen molar-refractivity contribution in [2.75, 3.05) is 13.7 Å². The third-order valence-electron chi connectivity index (χ3n) is 4.45. The van der Waals surface area contributed by atoms with Crippen LogP contribution >= 0.6 is 11.6 Å². The predicted octanol–water partition coefficient (Wildman–Crippen LogP) is 2.94. The smallest absolute Gasteiger partial charge is 0.267 e. The number of rotatable bonds is 7. The molecule has 1 aliphatic heterocycles. The fourth-order valence-corrected chi connectivity index (χ4v) is 3.86. The maximum atomic E-state index is 12.5. The number of ether oxygens (including phenoxy) is 3. The summed E-state index contributed by atoms with van der Waals surface area (Å²) in [5, 5.41) is 10.5. The Bertz CT molecular complexity index is 959. The van der Waals surface area contributed by atoms with Crippen LogP contribution in [0.2, 0.25) is 5.02 Å². The van der Waals surface area contributed by atoms with Gasteiger partial charge in [-0.3, -0.25) is 10.0 Å². The summed E-state index contributed by atoms with van der Waals surface area (Å²) in [7, 11) is -2.70. The van der Waals surface area contributed by atoms with Gasteiger partial charge in [-0.2, -0.15) is 0 Å². The Morgan fingerprint density at radius 3 is 2.27 bits per heavy atom. The minimum atomic E-state index is -4.19. The molecule has 2 aromatic rings. The lowest BCUT2D eigenvalue weighted by Gasteiger charge is -2.28. The molecule has 0 aromatic heterocycles. The number of carbonyl (C=O) groups is 1. The maximum Gasteiger partial charge on any atom is 0.267 e. The largest absolute Gasteiger partial charge is 0.457 e. The van der Waals surface area contributed by atoms with E-state index in [4.69, 9.17) is 25.8 Å². The molecule has 2 unspecified atom stereocenters. The van der Waals surface area contributed by atoms with E-state index < -0.39 is 28.1 Å². The number of hydrazine groups is 1. The van der Waals surface area contributed by atoms with Crippen molar-refractivity contribution in [3.8, 4) is 11.5 Å². The lowest BCUT2D eigenvalue weighted by molar-refractivity contribution is -0.195. The van der Waals surface area contributed by atoms with Crippen molar-refractivity contribution in [2.24, 2.45) is 5.92 Å². The summed E-state index contributed by atoms with van der Waals surface area (Å²) in [5.41, 5.74) is 0. The first-order valence-corrected chi connectivity index (χ1v) is 10.9. The Kier molecular flexibility index (Phi) is 7.29. The normalized spacial score (nSPS) is 19.3. The first-order valence-electron chi connectivity index (χ1n) is 9.01. The zero-order chi connectivity index (χ0) is 21.7. The minimum absolute atomic E-state index is 0.0192. The van der Waals surface area contributed by atoms with Gasteiger partial charge in [0.25, 0.3) is 15.9 Å². The number of nitrogens with one attached hydrogen (secondary N) is 1. The minimum Gasteiger partial charge on any atom is -0.457 e. The molecule has 1 fully saturated rings. The topological polar surface area (TPSA) is 114 Å². The molecule has 1 amide bonds. The van der Waals surface area contributed by atoms with E-state index in [1.165, 1.54) is 31.4 Å². The van der Waals surface area contributed by atoms with Gasteiger partial charge in [0.1, 0.15) is 11.5 Å². The molecule has 1 aliphatic rings. The Hall–Kier alpha value is -2.21. The van der Waals surface area contributed by atoms with Crippen molar-refractivity contribution in [1.29, 1.82) is 0 Å². The highest BCUT2D eigenvalue weighted by atomic mass is 35.5. The molecule has 3 rings (SSSR count). The summed E-state index contributed by atoms with van der Waals surface area (Å²) >= 11 is 5.82. The third kappa shape index (κ3) is 5.69. The second-order valence-corrected chi connectivity index (χ2v) is 8.64. The van der Waals surface area contributed by atoms with E-state index in [1.807, 2.05) is 4.83 Å². The van der Waals surface area contributed by atoms with Crippen molar-refractivity contribution in [1.82, 2.24) is 10.0 Å². The van der Waals surface area contributed by atoms with E-state index in [0.29, 0.717) is 29.4 Å². The number of hydrogen-bond acceptors (Lipinski definition) is 7. The van der Waals surface area contributed by atoms with E-state index in [-0.39, 0.29) is 16.7 Å². The number of carbonyl (C=O) groups excluding carboxylic acids is 1. The molecular formula is C19H21ClN2O7S. The zero-order valence-electron chi connectivity index (χ0n) is 16.0. The Morgan fingerprint density at radius 2 is 1.73 bits per heavy atom. The molecule has 2 N–H and O–H groups in total. The highest BCUT2D eigenvalue weighted by molar-refractivity contribution is 7.89. The molecule has 9 nitrogen and oxygen atoms in total. The molecule has 0 radical (unpaired) electrons. The second kappa shape index (κ2) is 9.73. The number of nitrogens with zero attached hydrogens (tertiary/aromatic N) is 1. The lowest BCUT2D eigenvalue weighted by Crippen LogP contribution is -2.48. The molecule has 162 valence electrons. The average Bonchev–Trinajstić information content (AvgIpc) is 2.75. The van der Waals surface area contributed by atoms with Crippen LogP contribution in [0.25, 0.3) is 0 Å². The van der Waals surface area contributed by atoms with Gasteiger partial charge in [-0.05, 0) is 61.4 Å². The van der Waals surface area contributed by atoms with Gasteiger partial charge in [-0.25, -0.2) is 8.42 Å². The van der Waals surface area contributed by atoms with Crippen LogP contribution in [0.4, 0.5) is 0 Å². The van der Waals surface area contributed by atoms with Gasteiger partial charge in [0, 0.05) is 12.1 Å². The summed E-state index contributed by atoms with van der Waals surface area (Å²) in [5.74, 6) is -0.555. The third-order valence-corrected chi connectivity index (χ3v) is 6.00. The monoisotopic (exact) mass is 456 g/mol. The number of halogens is 1. The Morgan fingerprint density at radius 1 is 1.13 bits per heavy atom. The van der Waals surface area contributed by atoms with Crippen molar-refractivity contribution in [3.05, 3.63) is 53.6 Å². The quantitative estimate of drug-likeness (QED) is 0.486. The lowest BCUT2D eigenvalue weighted by atomic mass is 10.0. The van der Waals surface area contributed by atoms with Crippen LogP contribution in [0, 0.1) is 5.92 Å². The summed E-state index contributed by atoms with van der Waals surface area (Å²) < 4.78 is 40.9. The molecule has 0 spiro atoms. The predicted molar refractivity (Wildman–Crippen MR) is 106 cm³/mol. The molecule has 0 bridgehead atoms. The summed E-state index contributed by atoms with van der Waals surface area (Å²) in [4.78, 5) is 14.0. The Labute approximate surface area is 179 Å². The molecular weight excluding hydrogens is 436 g/mol. The molecule has 0 saturated carbocycles. The number of hydrogen-bond donors (Lipinski definition) is 2. The molecule has 2 aromatic carbocycles. The molecule has 0 aliphatic carbocycles. The van der Waals surface area contributed by atoms with Crippen LogP contribution < -0.4 is 9.57 Å². The SMILES string of the molecule is COC1CCC(C(=O)N(O)NS(=O)(=O)c2ccc(Oc3ccc(Cl)cc3)cc2)CO1. The Balaban J connectivity index is 1.60. The fourth-order valence-electron chi connectivity index (χ4n) is 2.82. The number of hydroxylamine groups is 1. The summed E-state index contributed by atoms with van der Waals surface area (Å²) in [6.45, 7) is 0.0207. The first-order chi connectivity index (χ1) is 14.3. The zero-order valence-corrected chi connectivity index (χ0v) is 17.6. The van der Waals surface area contributed by atoms with Gasteiger partial charge in [0.05, 0.1) is 17.4 Å². The molecule has 11 heteroatoms. The highest BCUT2D eigenvalue weighted by Crippen LogP contribution is 2.25. The van der Waals surface area contributed by atoms with Gasteiger partial charge in [0.2, 0.25) is 0 Å². The summed E-state index contributed by atoms with van der Waals surface area (Å²) in [6.07, 6.45) is 0.446. The fraction of sp³-hybridized carbons (Fsp3) is 0.316. The van der Waals surface area contributed by atoms with Crippen molar-refractivity contribution < 1.29 is 32.6 Å². The van der Waals surface area contributed by atoms with Gasteiger partial charge in [0.15, 0.2) is 6.29 Å². The molecule has 2 atom stereocenters. The molecule has 30 heavy (non-hydrogen) atoms. The van der Waals surface area contributed by atoms with Crippen molar-refractivity contribution >= 4 is 27.5 Å². The second-order valence-electron chi connectivity index (χ2n) is 6.55. The van der Waals surface area contributed by atoms with Crippen LogP contribution in [0.3, 0.4) is 0 Å². The van der Waals surface area contributed by atoms with Crippen LogP contribution in [-0.4, -0.2) is 44.7 Å². The van der Waals surface area contributed by atoms with E-state index in [1.54, 1.807) is 24.3 Å². The first kappa shape index (κ1) is 22.5. The summed E-state index contributed by atoms with van der Waals surface area (Å²) in [6, 6.07) is 12.2. The number of benzene rings is 2. The molecule has 1 heterocycles. The van der Waals surface area contributed by atoms with Gasteiger partial charge >= 0.3 is 0 Å². The van der Waals surface area contributed by atoms with Crippen molar-refractivity contribution in [3.63, 3.8) is 0 Å². The van der Waals surface area contributed by atoms with Crippen LogP contribution in [-0.2, 0) is 24.3 Å². The highest BCUT2D eigenvalue weighted by Gasteiger charge is 2.32. The van der Waals surface area contributed by atoms with Crippen LogP contribution in [0.15, 0.2) is 53.4 Å².